The highest BCUT2D eigenvalue weighted by molar-refractivity contribution is 5.77. The summed E-state index contributed by atoms with van der Waals surface area (Å²) >= 11 is 0. The van der Waals surface area contributed by atoms with E-state index in [2.05, 4.69) is 20.3 Å². The minimum Gasteiger partial charge on any atom is -0.474 e. The molecule has 24 heavy (non-hydrogen) atoms. The number of ether oxygens (including phenoxy) is 1. The smallest absolute Gasteiger partial charge is 0.213 e. The Balaban J connectivity index is 1.44. The van der Waals surface area contributed by atoms with Gasteiger partial charge in [-0.3, -0.25) is 4.98 Å². The van der Waals surface area contributed by atoms with E-state index in [0.29, 0.717) is 31.0 Å². The fourth-order valence-electron chi connectivity index (χ4n) is 2.37. The lowest BCUT2D eigenvalue weighted by molar-refractivity contribution is 0.114. The molecule has 0 spiro atoms. The number of nitrogens with two attached hydrogens (primary N) is 1. The minimum atomic E-state index is 0.328. The molecule has 1 fully saturated rings. The fraction of sp³-hybridized carbons (Fsp3) is 0.389. The van der Waals surface area contributed by atoms with Crippen LogP contribution in [-0.2, 0) is 13.0 Å². The third-order valence-electron chi connectivity index (χ3n) is 3.98. The van der Waals surface area contributed by atoms with Crippen molar-refractivity contribution in [3.8, 4) is 5.88 Å². The summed E-state index contributed by atoms with van der Waals surface area (Å²) in [4.78, 5) is 12.9. The predicted molar refractivity (Wildman–Crippen MR) is 93.8 cm³/mol. The van der Waals surface area contributed by atoms with Crippen LogP contribution >= 0.6 is 0 Å². The highest BCUT2D eigenvalue weighted by Gasteiger charge is 2.19. The molecule has 0 aromatic carbocycles. The average molecular weight is 325 g/mol. The highest BCUT2D eigenvalue weighted by Crippen LogP contribution is 2.24. The normalized spacial score (nSPS) is 14.9. The van der Waals surface area contributed by atoms with Crippen molar-refractivity contribution in [2.45, 2.75) is 38.3 Å². The summed E-state index contributed by atoms with van der Waals surface area (Å²) in [5, 5.41) is 3.11. The lowest BCUT2D eigenvalue weighted by atomic mass is 9.96. The van der Waals surface area contributed by atoms with Gasteiger partial charge >= 0.3 is 0 Å². The number of rotatable bonds is 7. The summed E-state index contributed by atoms with van der Waals surface area (Å²) in [6.07, 6.45) is 8.17. The Kier molecular flexibility index (Phi) is 5.61. The highest BCUT2D eigenvalue weighted by atomic mass is 16.5. The molecule has 0 aliphatic heterocycles. The van der Waals surface area contributed by atoms with E-state index < -0.39 is 0 Å². The summed E-state index contributed by atoms with van der Waals surface area (Å²) in [6, 6.07) is 9.74. The van der Waals surface area contributed by atoms with Crippen LogP contribution < -0.4 is 15.8 Å². The fourth-order valence-corrected chi connectivity index (χ4v) is 2.37. The molecule has 126 valence electrons. The average Bonchev–Trinajstić information content (AvgIpc) is 2.58. The number of nitrogens with zero attached hydrogens (tertiary/aromatic N) is 3. The molecule has 1 aliphatic carbocycles. The van der Waals surface area contributed by atoms with Crippen LogP contribution in [0.2, 0.25) is 0 Å². The van der Waals surface area contributed by atoms with Gasteiger partial charge in [0.15, 0.2) is 5.96 Å². The first-order valence-corrected chi connectivity index (χ1v) is 8.35. The van der Waals surface area contributed by atoms with E-state index in [0.717, 1.165) is 30.5 Å². The third kappa shape index (κ3) is 4.94. The van der Waals surface area contributed by atoms with Gasteiger partial charge in [-0.05, 0) is 43.0 Å². The number of guanidine groups is 1. The minimum absolute atomic E-state index is 0.328. The molecular formula is C18H23N5O. The van der Waals surface area contributed by atoms with Gasteiger partial charge in [0, 0.05) is 37.1 Å². The van der Waals surface area contributed by atoms with E-state index in [9.17, 15) is 0 Å². The predicted octanol–water partition coefficient (Wildman–Crippen LogP) is 2.05. The summed E-state index contributed by atoms with van der Waals surface area (Å²) in [5.74, 6) is 1.11. The van der Waals surface area contributed by atoms with Crippen molar-refractivity contribution in [3.63, 3.8) is 0 Å². The van der Waals surface area contributed by atoms with E-state index in [-0.39, 0.29) is 0 Å². The quantitative estimate of drug-likeness (QED) is 0.601. The Hall–Kier alpha value is -2.63. The molecule has 0 saturated heterocycles. The number of aliphatic imine (C=N–C) groups is 1. The number of nitrogens with one attached hydrogen (secondary N) is 1. The van der Waals surface area contributed by atoms with Crippen LogP contribution in [-0.4, -0.2) is 28.6 Å². The molecule has 0 bridgehead atoms. The van der Waals surface area contributed by atoms with Crippen molar-refractivity contribution in [2.24, 2.45) is 10.7 Å². The first-order chi connectivity index (χ1) is 11.8. The largest absolute Gasteiger partial charge is 0.474 e. The molecule has 2 aromatic heterocycles. The molecule has 3 N–H and O–H groups in total. The molecule has 0 atom stereocenters. The molecule has 2 heterocycles. The van der Waals surface area contributed by atoms with Crippen molar-refractivity contribution < 1.29 is 4.74 Å². The number of hydrogen-bond acceptors (Lipinski definition) is 4. The summed E-state index contributed by atoms with van der Waals surface area (Å²) < 4.78 is 5.80. The van der Waals surface area contributed by atoms with Crippen LogP contribution in [0.1, 0.15) is 30.5 Å². The maximum atomic E-state index is 5.91. The monoisotopic (exact) mass is 325 g/mol. The van der Waals surface area contributed by atoms with Gasteiger partial charge in [-0.25, -0.2) is 9.98 Å². The van der Waals surface area contributed by atoms with E-state index in [4.69, 9.17) is 10.5 Å². The lowest BCUT2D eigenvalue weighted by Crippen LogP contribution is -2.33. The second kappa shape index (κ2) is 8.29. The first kappa shape index (κ1) is 16.2. The SMILES string of the molecule is NC(=NCc1ccnc(OC2CCC2)c1)NCCc1ccccn1. The Morgan fingerprint density at radius 2 is 2.17 bits per heavy atom. The van der Waals surface area contributed by atoms with Crippen molar-refractivity contribution in [3.05, 3.63) is 54.0 Å². The molecule has 3 rings (SSSR count). The van der Waals surface area contributed by atoms with Gasteiger partial charge in [-0.15, -0.1) is 0 Å². The van der Waals surface area contributed by atoms with Gasteiger partial charge in [0.2, 0.25) is 5.88 Å². The second-order valence-electron chi connectivity index (χ2n) is 5.87. The molecule has 1 saturated carbocycles. The first-order valence-electron chi connectivity index (χ1n) is 8.35. The van der Waals surface area contributed by atoms with Gasteiger partial charge in [0.1, 0.15) is 6.10 Å². The van der Waals surface area contributed by atoms with Crippen molar-refractivity contribution in [1.29, 1.82) is 0 Å². The molecule has 6 heteroatoms. The van der Waals surface area contributed by atoms with Crippen LogP contribution in [0.3, 0.4) is 0 Å². The zero-order chi connectivity index (χ0) is 16.6. The van der Waals surface area contributed by atoms with E-state index in [1.807, 2.05) is 30.3 Å². The van der Waals surface area contributed by atoms with Crippen molar-refractivity contribution in [2.75, 3.05) is 6.54 Å². The summed E-state index contributed by atoms with van der Waals surface area (Å²) in [7, 11) is 0. The second-order valence-corrected chi connectivity index (χ2v) is 5.87. The molecule has 1 aliphatic rings. The topological polar surface area (TPSA) is 85.4 Å². The molecule has 2 aromatic rings. The van der Waals surface area contributed by atoms with Gasteiger partial charge in [-0.1, -0.05) is 6.07 Å². The zero-order valence-corrected chi connectivity index (χ0v) is 13.7. The Morgan fingerprint density at radius 3 is 2.92 bits per heavy atom. The molecule has 6 nitrogen and oxygen atoms in total. The van der Waals surface area contributed by atoms with Gasteiger partial charge in [0.25, 0.3) is 0 Å². The number of aromatic nitrogens is 2. The molecule has 0 unspecified atom stereocenters. The Bertz CT molecular complexity index is 670. The van der Waals surface area contributed by atoms with E-state index >= 15 is 0 Å². The third-order valence-corrected chi connectivity index (χ3v) is 3.98. The Labute approximate surface area is 142 Å². The van der Waals surface area contributed by atoms with Crippen LogP contribution in [0.4, 0.5) is 0 Å². The standard InChI is InChI=1S/C18H23N5O/c19-18(22-11-8-15-4-1-2-9-20-15)23-13-14-7-10-21-17(12-14)24-16-5-3-6-16/h1-2,4,7,9-10,12,16H,3,5-6,8,11,13H2,(H3,19,22,23). The number of pyridine rings is 2. The summed E-state index contributed by atoms with van der Waals surface area (Å²) in [6.45, 7) is 1.21. The van der Waals surface area contributed by atoms with Crippen molar-refractivity contribution >= 4 is 5.96 Å². The van der Waals surface area contributed by atoms with Crippen LogP contribution in [0.25, 0.3) is 0 Å². The maximum Gasteiger partial charge on any atom is 0.213 e. The Morgan fingerprint density at radius 1 is 1.25 bits per heavy atom. The summed E-state index contributed by atoms with van der Waals surface area (Å²) in [5.41, 5.74) is 7.97. The molecular weight excluding hydrogens is 302 g/mol. The van der Waals surface area contributed by atoms with Gasteiger partial charge in [0.05, 0.1) is 6.54 Å². The zero-order valence-electron chi connectivity index (χ0n) is 13.7. The number of hydrogen-bond donors (Lipinski definition) is 2. The molecule has 0 radical (unpaired) electrons. The molecule has 0 amide bonds. The lowest BCUT2D eigenvalue weighted by Gasteiger charge is -2.25. The maximum absolute atomic E-state index is 5.91. The van der Waals surface area contributed by atoms with Gasteiger partial charge < -0.3 is 15.8 Å². The van der Waals surface area contributed by atoms with E-state index in [1.54, 1.807) is 12.4 Å². The van der Waals surface area contributed by atoms with Gasteiger partial charge in [-0.2, -0.15) is 0 Å². The van der Waals surface area contributed by atoms with E-state index in [1.165, 1.54) is 6.42 Å². The van der Waals surface area contributed by atoms with Crippen LogP contribution in [0.5, 0.6) is 5.88 Å². The van der Waals surface area contributed by atoms with Crippen LogP contribution in [0, 0.1) is 0 Å². The van der Waals surface area contributed by atoms with Crippen LogP contribution in [0.15, 0.2) is 47.7 Å². The van der Waals surface area contributed by atoms with Crippen molar-refractivity contribution in [1.82, 2.24) is 15.3 Å².